The second-order valence-electron chi connectivity index (χ2n) is 5.56. The van der Waals surface area contributed by atoms with Crippen molar-refractivity contribution in [2.45, 2.75) is 39.2 Å². The van der Waals surface area contributed by atoms with Crippen LogP contribution >= 0.6 is 0 Å². The van der Waals surface area contributed by atoms with Crippen LogP contribution in [0.3, 0.4) is 0 Å². The van der Waals surface area contributed by atoms with E-state index in [4.69, 9.17) is 5.73 Å². The van der Waals surface area contributed by atoms with Crippen LogP contribution in [-0.4, -0.2) is 6.04 Å². The Balaban J connectivity index is 1.90. The van der Waals surface area contributed by atoms with Crippen LogP contribution in [0, 0.1) is 19.7 Å². The number of hydrogen-bond acceptors (Lipinski definition) is 1. The zero-order valence-corrected chi connectivity index (χ0v) is 12.2. The molecule has 0 aromatic heterocycles. The van der Waals surface area contributed by atoms with Crippen molar-refractivity contribution in [3.05, 3.63) is 70.5 Å². The van der Waals surface area contributed by atoms with Gasteiger partial charge in [-0.3, -0.25) is 0 Å². The van der Waals surface area contributed by atoms with Gasteiger partial charge >= 0.3 is 0 Å². The second kappa shape index (κ2) is 6.67. The molecular formula is C18H22FN. The summed E-state index contributed by atoms with van der Waals surface area (Å²) < 4.78 is 13.2. The molecule has 0 radical (unpaired) electrons. The molecular weight excluding hydrogens is 249 g/mol. The van der Waals surface area contributed by atoms with Gasteiger partial charge in [0.25, 0.3) is 0 Å². The SMILES string of the molecule is Cc1ccc(CCC(N)Cc2cc(F)ccc2C)cc1. The highest BCUT2D eigenvalue weighted by atomic mass is 19.1. The summed E-state index contributed by atoms with van der Waals surface area (Å²) in [4.78, 5) is 0. The van der Waals surface area contributed by atoms with E-state index in [-0.39, 0.29) is 11.9 Å². The molecule has 0 saturated heterocycles. The first kappa shape index (κ1) is 14.7. The van der Waals surface area contributed by atoms with Gasteiger partial charge in [0.2, 0.25) is 0 Å². The van der Waals surface area contributed by atoms with E-state index in [0.29, 0.717) is 0 Å². The molecule has 0 spiro atoms. The fourth-order valence-corrected chi connectivity index (χ4v) is 2.35. The summed E-state index contributed by atoms with van der Waals surface area (Å²) in [7, 11) is 0. The van der Waals surface area contributed by atoms with Gasteiger partial charge in [0.05, 0.1) is 0 Å². The average Bonchev–Trinajstić information content (AvgIpc) is 2.42. The lowest BCUT2D eigenvalue weighted by Crippen LogP contribution is -2.24. The number of nitrogens with two attached hydrogens (primary N) is 1. The normalized spacial score (nSPS) is 12.4. The van der Waals surface area contributed by atoms with E-state index in [1.165, 1.54) is 17.2 Å². The zero-order chi connectivity index (χ0) is 14.5. The van der Waals surface area contributed by atoms with Gasteiger partial charge in [-0.05, 0) is 61.9 Å². The molecule has 106 valence electrons. The Labute approximate surface area is 120 Å². The molecule has 1 unspecified atom stereocenters. The molecule has 2 heteroatoms. The molecule has 0 heterocycles. The van der Waals surface area contributed by atoms with Crippen molar-refractivity contribution in [2.24, 2.45) is 5.73 Å². The highest BCUT2D eigenvalue weighted by Gasteiger charge is 2.08. The lowest BCUT2D eigenvalue weighted by Gasteiger charge is -2.13. The van der Waals surface area contributed by atoms with Crippen LogP contribution < -0.4 is 5.73 Å². The van der Waals surface area contributed by atoms with Crippen LogP contribution in [-0.2, 0) is 12.8 Å². The fourth-order valence-electron chi connectivity index (χ4n) is 2.35. The number of aryl methyl sites for hydroxylation is 3. The van der Waals surface area contributed by atoms with Gasteiger partial charge in [-0.1, -0.05) is 35.9 Å². The largest absolute Gasteiger partial charge is 0.327 e. The predicted octanol–water partition coefficient (Wildman–Crippen LogP) is 3.95. The van der Waals surface area contributed by atoms with Crippen LogP contribution in [0.4, 0.5) is 4.39 Å². The molecule has 0 fully saturated rings. The van der Waals surface area contributed by atoms with Crippen LogP contribution in [0.1, 0.15) is 28.7 Å². The van der Waals surface area contributed by atoms with Crippen molar-refractivity contribution >= 4 is 0 Å². The van der Waals surface area contributed by atoms with Crippen molar-refractivity contribution in [1.29, 1.82) is 0 Å². The van der Waals surface area contributed by atoms with Gasteiger partial charge in [-0.15, -0.1) is 0 Å². The lowest BCUT2D eigenvalue weighted by atomic mass is 9.97. The number of halogens is 1. The Kier molecular flexibility index (Phi) is 4.91. The van der Waals surface area contributed by atoms with Crippen molar-refractivity contribution in [3.8, 4) is 0 Å². The van der Waals surface area contributed by atoms with Gasteiger partial charge < -0.3 is 5.73 Å². The van der Waals surface area contributed by atoms with Crippen molar-refractivity contribution in [1.82, 2.24) is 0 Å². The average molecular weight is 271 g/mol. The molecule has 1 atom stereocenters. The summed E-state index contributed by atoms with van der Waals surface area (Å²) in [5.74, 6) is -0.184. The maximum atomic E-state index is 13.2. The number of benzene rings is 2. The van der Waals surface area contributed by atoms with Gasteiger partial charge in [0.1, 0.15) is 5.82 Å². The minimum Gasteiger partial charge on any atom is -0.327 e. The molecule has 2 N–H and O–H groups in total. The smallest absolute Gasteiger partial charge is 0.123 e. The zero-order valence-electron chi connectivity index (χ0n) is 12.2. The third-order valence-corrected chi connectivity index (χ3v) is 3.72. The van der Waals surface area contributed by atoms with E-state index in [2.05, 4.69) is 31.2 Å². The van der Waals surface area contributed by atoms with Crippen molar-refractivity contribution in [3.63, 3.8) is 0 Å². The summed E-state index contributed by atoms with van der Waals surface area (Å²) in [6.45, 7) is 4.09. The minimum absolute atomic E-state index is 0.0665. The Bertz CT molecular complexity index is 560. The van der Waals surface area contributed by atoms with E-state index < -0.39 is 0 Å². The highest BCUT2D eigenvalue weighted by molar-refractivity contribution is 5.27. The topological polar surface area (TPSA) is 26.0 Å². The molecule has 2 aromatic rings. The molecule has 2 aromatic carbocycles. The predicted molar refractivity (Wildman–Crippen MR) is 82.3 cm³/mol. The third-order valence-electron chi connectivity index (χ3n) is 3.72. The Morgan fingerprint density at radius 1 is 1.05 bits per heavy atom. The Morgan fingerprint density at radius 2 is 1.75 bits per heavy atom. The van der Waals surface area contributed by atoms with Crippen molar-refractivity contribution in [2.75, 3.05) is 0 Å². The van der Waals surface area contributed by atoms with Crippen LogP contribution in [0.15, 0.2) is 42.5 Å². The molecule has 0 aliphatic heterocycles. The van der Waals surface area contributed by atoms with Gasteiger partial charge in [-0.25, -0.2) is 4.39 Å². The van der Waals surface area contributed by atoms with E-state index in [1.807, 2.05) is 13.0 Å². The van der Waals surface area contributed by atoms with Crippen molar-refractivity contribution < 1.29 is 4.39 Å². The quantitative estimate of drug-likeness (QED) is 0.875. The van der Waals surface area contributed by atoms with E-state index in [0.717, 1.165) is 30.4 Å². The molecule has 0 bridgehead atoms. The molecule has 0 aliphatic carbocycles. The van der Waals surface area contributed by atoms with Crippen LogP contribution in [0.25, 0.3) is 0 Å². The fraction of sp³-hybridized carbons (Fsp3) is 0.333. The van der Waals surface area contributed by atoms with Crippen LogP contribution in [0.5, 0.6) is 0 Å². The first-order chi connectivity index (χ1) is 9.54. The Morgan fingerprint density at radius 3 is 2.45 bits per heavy atom. The van der Waals surface area contributed by atoms with Crippen LogP contribution in [0.2, 0.25) is 0 Å². The highest BCUT2D eigenvalue weighted by Crippen LogP contribution is 2.14. The maximum absolute atomic E-state index is 13.2. The summed E-state index contributed by atoms with van der Waals surface area (Å²) in [5.41, 5.74) is 10.9. The summed E-state index contributed by atoms with van der Waals surface area (Å²) in [6, 6.07) is 13.5. The second-order valence-corrected chi connectivity index (χ2v) is 5.56. The first-order valence-electron chi connectivity index (χ1n) is 7.11. The third kappa shape index (κ3) is 4.17. The molecule has 20 heavy (non-hydrogen) atoms. The monoisotopic (exact) mass is 271 g/mol. The number of hydrogen-bond donors (Lipinski definition) is 1. The molecule has 1 nitrogen and oxygen atoms in total. The summed E-state index contributed by atoms with van der Waals surface area (Å²) in [6.07, 6.45) is 2.62. The lowest BCUT2D eigenvalue weighted by molar-refractivity contribution is 0.597. The summed E-state index contributed by atoms with van der Waals surface area (Å²) in [5, 5.41) is 0. The van der Waals surface area contributed by atoms with Gasteiger partial charge in [0, 0.05) is 6.04 Å². The molecule has 0 amide bonds. The van der Waals surface area contributed by atoms with E-state index in [1.54, 1.807) is 6.07 Å². The standard InChI is InChI=1S/C18H22FN/c1-13-3-6-15(7-4-13)8-10-18(20)12-16-11-17(19)9-5-14(16)2/h3-7,9,11,18H,8,10,12,20H2,1-2H3. The van der Waals surface area contributed by atoms with Gasteiger partial charge in [-0.2, -0.15) is 0 Å². The Hall–Kier alpha value is -1.67. The first-order valence-corrected chi connectivity index (χ1v) is 7.11. The molecule has 0 aliphatic rings. The van der Waals surface area contributed by atoms with Gasteiger partial charge in [0.15, 0.2) is 0 Å². The molecule has 2 rings (SSSR count). The number of rotatable bonds is 5. The summed E-state index contributed by atoms with van der Waals surface area (Å²) >= 11 is 0. The van der Waals surface area contributed by atoms with E-state index in [9.17, 15) is 4.39 Å². The minimum atomic E-state index is -0.184. The maximum Gasteiger partial charge on any atom is 0.123 e. The van der Waals surface area contributed by atoms with E-state index >= 15 is 0 Å². The molecule has 0 saturated carbocycles.